The van der Waals surface area contributed by atoms with Gasteiger partial charge in [-0.2, -0.15) is 0 Å². The van der Waals surface area contributed by atoms with Gasteiger partial charge in [-0.1, -0.05) is 12.1 Å². The first-order valence-electron chi connectivity index (χ1n) is 6.22. The maximum absolute atomic E-state index is 13.1. The fourth-order valence-electron chi connectivity index (χ4n) is 1.15. The molecule has 0 unspecified atom stereocenters. The molecular weight excluding hydrogens is 281 g/mol. The summed E-state index contributed by atoms with van der Waals surface area (Å²) in [5.74, 6) is -3.65. The third kappa shape index (κ3) is 10.3. The van der Waals surface area contributed by atoms with E-state index in [1.165, 1.54) is 6.07 Å². The number of hydrogen-bond donors (Lipinski definition) is 3. The number of nitrogens with one attached hydrogen (secondary N) is 1. The number of halogens is 1. The molecule has 0 aromatic heterocycles. The average molecular weight is 301 g/mol. The molecule has 21 heavy (non-hydrogen) atoms. The molecule has 6 nitrogen and oxygen atoms in total. The summed E-state index contributed by atoms with van der Waals surface area (Å²) in [6.45, 7) is 7.42. The standard InChI is InChI=1S/C12H18FNO.C2H2O4/c1-12(2,3)14-8-9-15-11-7-5-4-6-10(11)13;3-1(4)2(5)6/h4-7,14H,8-9H2,1-3H3;(H,3,4)(H,5,6). The summed E-state index contributed by atoms with van der Waals surface area (Å²) in [6.07, 6.45) is 0. The normalized spacial score (nSPS) is 10.3. The Labute approximate surface area is 122 Å². The van der Waals surface area contributed by atoms with Gasteiger partial charge >= 0.3 is 11.9 Å². The minimum Gasteiger partial charge on any atom is -0.489 e. The summed E-state index contributed by atoms with van der Waals surface area (Å²) in [4.78, 5) is 18.2. The van der Waals surface area contributed by atoms with Crippen LogP contribution in [0.15, 0.2) is 24.3 Å². The van der Waals surface area contributed by atoms with Crippen LogP contribution in [0.3, 0.4) is 0 Å². The van der Waals surface area contributed by atoms with Gasteiger partial charge in [0.05, 0.1) is 0 Å². The number of rotatable bonds is 4. The van der Waals surface area contributed by atoms with Crippen molar-refractivity contribution in [3.05, 3.63) is 30.1 Å². The van der Waals surface area contributed by atoms with Crippen LogP contribution in [0.25, 0.3) is 0 Å². The summed E-state index contributed by atoms with van der Waals surface area (Å²) in [7, 11) is 0. The smallest absolute Gasteiger partial charge is 0.414 e. The fourth-order valence-corrected chi connectivity index (χ4v) is 1.15. The predicted octanol–water partition coefficient (Wildman–Crippen LogP) is 1.75. The molecule has 0 aliphatic carbocycles. The van der Waals surface area contributed by atoms with Crippen LogP contribution < -0.4 is 10.1 Å². The van der Waals surface area contributed by atoms with Crippen molar-refractivity contribution in [3.8, 4) is 5.75 Å². The van der Waals surface area contributed by atoms with E-state index in [-0.39, 0.29) is 11.4 Å². The Hall–Kier alpha value is -2.15. The van der Waals surface area contributed by atoms with Gasteiger partial charge < -0.3 is 20.3 Å². The first kappa shape index (κ1) is 18.9. The molecule has 0 bridgehead atoms. The predicted molar refractivity (Wildman–Crippen MR) is 74.9 cm³/mol. The number of carboxylic acid groups (broad SMARTS) is 2. The number of carbonyl (C=O) groups is 2. The van der Waals surface area contributed by atoms with E-state index in [9.17, 15) is 4.39 Å². The SMILES string of the molecule is CC(C)(C)NCCOc1ccccc1F.O=C(O)C(=O)O. The molecule has 0 heterocycles. The minimum absolute atomic E-state index is 0.0680. The summed E-state index contributed by atoms with van der Waals surface area (Å²) < 4.78 is 18.4. The number of carboxylic acids is 2. The first-order valence-corrected chi connectivity index (χ1v) is 6.22. The highest BCUT2D eigenvalue weighted by molar-refractivity contribution is 6.27. The topological polar surface area (TPSA) is 95.9 Å². The maximum atomic E-state index is 13.1. The van der Waals surface area contributed by atoms with E-state index >= 15 is 0 Å². The van der Waals surface area contributed by atoms with Gasteiger partial charge in [-0.25, -0.2) is 14.0 Å². The van der Waals surface area contributed by atoms with Crippen molar-refractivity contribution < 1.29 is 28.9 Å². The van der Waals surface area contributed by atoms with Crippen molar-refractivity contribution in [2.24, 2.45) is 0 Å². The third-order valence-electron chi connectivity index (χ3n) is 2.03. The van der Waals surface area contributed by atoms with Gasteiger partial charge in [-0.05, 0) is 32.9 Å². The number of aliphatic carboxylic acids is 2. The Bertz CT molecular complexity index is 459. The summed E-state index contributed by atoms with van der Waals surface area (Å²) in [5.41, 5.74) is 0.0680. The quantitative estimate of drug-likeness (QED) is 0.579. The molecule has 118 valence electrons. The van der Waals surface area contributed by atoms with Crippen LogP contribution in [-0.2, 0) is 9.59 Å². The molecule has 0 saturated carbocycles. The van der Waals surface area contributed by atoms with Gasteiger partial charge in [0, 0.05) is 12.1 Å². The second-order valence-electron chi connectivity index (χ2n) is 5.07. The van der Waals surface area contributed by atoms with Crippen LogP contribution in [0.2, 0.25) is 0 Å². The Kier molecular flexibility index (Phi) is 8.00. The van der Waals surface area contributed by atoms with Crippen LogP contribution in [0.5, 0.6) is 5.75 Å². The molecule has 7 heteroatoms. The second kappa shape index (κ2) is 8.91. The van der Waals surface area contributed by atoms with Gasteiger partial charge in [0.15, 0.2) is 11.6 Å². The van der Waals surface area contributed by atoms with E-state index in [2.05, 4.69) is 26.1 Å². The number of benzene rings is 1. The Morgan fingerprint density at radius 3 is 2.14 bits per heavy atom. The first-order chi connectivity index (χ1) is 9.63. The number of para-hydroxylation sites is 1. The lowest BCUT2D eigenvalue weighted by atomic mass is 10.1. The lowest BCUT2D eigenvalue weighted by molar-refractivity contribution is -0.159. The van der Waals surface area contributed by atoms with Crippen LogP contribution in [0.4, 0.5) is 4.39 Å². The molecule has 0 aliphatic rings. The molecule has 0 radical (unpaired) electrons. The molecule has 0 aliphatic heterocycles. The largest absolute Gasteiger partial charge is 0.489 e. The Morgan fingerprint density at radius 2 is 1.71 bits per heavy atom. The van der Waals surface area contributed by atoms with Crippen LogP contribution in [0.1, 0.15) is 20.8 Å². The average Bonchev–Trinajstić information content (AvgIpc) is 2.36. The van der Waals surface area contributed by atoms with Gasteiger partial charge in [-0.3, -0.25) is 0 Å². The highest BCUT2D eigenvalue weighted by Gasteiger charge is 2.08. The van der Waals surface area contributed by atoms with E-state index in [1.807, 2.05) is 0 Å². The lowest BCUT2D eigenvalue weighted by Gasteiger charge is -2.20. The molecular formula is C14H20FNO5. The molecule has 1 aromatic rings. The van der Waals surface area contributed by atoms with Crippen LogP contribution in [-0.4, -0.2) is 40.8 Å². The van der Waals surface area contributed by atoms with Gasteiger partial charge in [0.25, 0.3) is 0 Å². The van der Waals surface area contributed by atoms with Gasteiger partial charge in [-0.15, -0.1) is 0 Å². The van der Waals surface area contributed by atoms with Crippen LogP contribution in [0, 0.1) is 5.82 Å². The lowest BCUT2D eigenvalue weighted by Crippen LogP contribution is -2.38. The van der Waals surface area contributed by atoms with Crippen molar-refractivity contribution in [2.45, 2.75) is 26.3 Å². The molecule has 0 amide bonds. The van der Waals surface area contributed by atoms with E-state index in [1.54, 1.807) is 18.2 Å². The highest BCUT2D eigenvalue weighted by atomic mass is 19.1. The summed E-state index contributed by atoms with van der Waals surface area (Å²) >= 11 is 0. The van der Waals surface area contributed by atoms with Gasteiger partial charge in [0.1, 0.15) is 6.61 Å². The summed E-state index contributed by atoms with van der Waals surface area (Å²) in [5, 5.41) is 18.0. The van der Waals surface area contributed by atoms with E-state index in [0.717, 1.165) is 0 Å². The van der Waals surface area contributed by atoms with Gasteiger partial charge in [0.2, 0.25) is 0 Å². The van der Waals surface area contributed by atoms with Crippen molar-refractivity contribution in [2.75, 3.05) is 13.2 Å². The zero-order valence-electron chi connectivity index (χ0n) is 12.2. The van der Waals surface area contributed by atoms with E-state index in [0.29, 0.717) is 18.9 Å². The zero-order valence-corrected chi connectivity index (χ0v) is 12.2. The van der Waals surface area contributed by atoms with E-state index < -0.39 is 11.9 Å². The van der Waals surface area contributed by atoms with E-state index in [4.69, 9.17) is 24.5 Å². The molecule has 0 atom stereocenters. The van der Waals surface area contributed by atoms with Crippen molar-refractivity contribution in [1.29, 1.82) is 0 Å². The monoisotopic (exact) mass is 301 g/mol. The molecule has 0 spiro atoms. The summed E-state index contributed by atoms with van der Waals surface area (Å²) in [6, 6.07) is 6.43. The maximum Gasteiger partial charge on any atom is 0.414 e. The molecule has 0 saturated heterocycles. The molecule has 1 aromatic carbocycles. The van der Waals surface area contributed by atoms with Crippen molar-refractivity contribution >= 4 is 11.9 Å². The van der Waals surface area contributed by atoms with Crippen LogP contribution >= 0.6 is 0 Å². The highest BCUT2D eigenvalue weighted by Crippen LogP contribution is 2.14. The van der Waals surface area contributed by atoms with Crippen molar-refractivity contribution in [1.82, 2.24) is 5.32 Å². The Morgan fingerprint density at radius 1 is 1.19 bits per heavy atom. The fraction of sp³-hybridized carbons (Fsp3) is 0.429. The number of ether oxygens (including phenoxy) is 1. The molecule has 3 N–H and O–H groups in total. The van der Waals surface area contributed by atoms with Crippen molar-refractivity contribution in [3.63, 3.8) is 0 Å². The number of hydrogen-bond acceptors (Lipinski definition) is 4. The second-order valence-corrected chi connectivity index (χ2v) is 5.07. The Balaban J connectivity index is 0.000000567. The minimum atomic E-state index is -1.82. The molecule has 1 rings (SSSR count). The zero-order chi connectivity index (χ0) is 16.5. The third-order valence-corrected chi connectivity index (χ3v) is 2.03. The molecule has 0 fully saturated rings.